The van der Waals surface area contributed by atoms with E-state index in [0.29, 0.717) is 29.8 Å². The molecule has 20 heavy (non-hydrogen) atoms. The van der Waals surface area contributed by atoms with E-state index in [1.54, 1.807) is 23.2 Å². The van der Waals surface area contributed by atoms with Crippen LogP contribution in [0.3, 0.4) is 0 Å². The van der Waals surface area contributed by atoms with Gasteiger partial charge in [-0.25, -0.2) is 4.98 Å². The lowest BCUT2D eigenvalue weighted by atomic mass is 10.3. The molecule has 0 atom stereocenters. The molecule has 2 N–H and O–H groups in total. The minimum absolute atomic E-state index is 0.0848. The Labute approximate surface area is 126 Å². The standard InChI is InChI=1S/C13H17BrN4O2/c14-10-3-1-4-16-12(10)13(20)18-6-2-5-17(7-8-18)9-11(15)19/h1,3-4H,2,5-9H2,(H2,15,19). The number of pyridine rings is 1. The number of aromatic nitrogens is 1. The van der Waals surface area contributed by atoms with Gasteiger partial charge in [0.1, 0.15) is 5.69 Å². The molecule has 1 fully saturated rings. The van der Waals surface area contributed by atoms with Crippen molar-refractivity contribution in [3.63, 3.8) is 0 Å². The summed E-state index contributed by atoms with van der Waals surface area (Å²) in [7, 11) is 0. The number of hydrogen-bond donors (Lipinski definition) is 1. The van der Waals surface area contributed by atoms with Crippen molar-refractivity contribution >= 4 is 27.7 Å². The summed E-state index contributed by atoms with van der Waals surface area (Å²) in [5, 5.41) is 0. The third kappa shape index (κ3) is 3.77. The second-order valence-corrected chi connectivity index (χ2v) is 5.58. The molecular formula is C13H17BrN4O2. The van der Waals surface area contributed by atoms with Crippen LogP contribution in [0.15, 0.2) is 22.8 Å². The van der Waals surface area contributed by atoms with Crippen molar-refractivity contribution in [3.8, 4) is 0 Å². The normalized spacial score (nSPS) is 16.8. The van der Waals surface area contributed by atoms with Gasteiger partial charge in [0.2, 0.25) is 5.91 Å². The van der Waals surface area contributed by atoms with Crippen LogP contribution in [0.5, 0.6) is 0 Å². The van der Waals surface area contributed by atoms with Crippen LogP contribution in [-0.4, -0.2) is 59.3 Å². The summed E-state index contributed by atoms with van der Waals surface area (Å²) in [6.07, 6.45) is 2.43. The number of halogens is 1. The molecule has 6 nitrogen and oxygen atoms in total. The molecule has 108 valence electrons. The number of primary amides is 1. The molecular weight excluding hydrogens is 324 g/mol. The van der Waals surface area contributed by atoms with E-state index in [2.05, 4.69) is 20.9 Å². The van der Waals surface area contributed by atoms with E-state index < -0.39 is 0 Å². The first-order valence-electron chi connectivity index (χ1n) is 6.48. The molecule has 1 aliphatic rings. The molecule has 1 aromatic heterocycles. The average Bonchev–Trinajstić information content (AvgIpc) is 2.63. The Kier molecular flexibility index (Phi) is 5.08. The highest BCUT2D eigenvalue weighted by molar-refractivity contribution is 9.10. The molecule has 2 heterocycles. The van der Waals surface area contributed by atoms with Crippen molar-refractivity contribution < 1.29 is 9.59 Å². The van der Waals surface area contributed by atoms with E-state index in [4.69, 9.17) is 5.73 Å². The summed E-state index contributed by atoms with van der Waals surface area (Å²) in [6.45, 7) is 2.91. The summed E-state index contributed by atoms with van der Waals surface area (Å²) >= 11 is 3.35. The Morgan fingerprint density at radius 3 is 2.80 bits per heavy atom. The van der Waals surface area contributed by atoms with Crippen LogP contribution >= 0.6 is 15.9 Å². The summed E-state index contributed by atoms with van der Waals surface area (Å²) in [4.78, 5) is 31.2. The fourth-order valence-corrected chi connectivity index (χ4v) is 2.67. The monoisotopic (exact) mass is 340 g/mol. The van der Waals surface area contributed by atoms with Crippen LogP contribution in [0.25, 0.3) is 0 Å². The summed E-state index contributed by atoms with van der Waals surface area (Å²) < 4.78 is 0.697. The zero-order chi connectivity index (χ0) is 14.5. The highest BCUT2D eigenvalue weighted by Crippen LogP contribution is 2.16. The van der Waals surface area contributed by atoms with Gasteiger partial charge in [-0.2, -0.15) is 0 Å². The highest BCUT2D eigenvalue weighted by atomic mass is 79.9. The Balaban J connectivity index is 2.02. The van der Waals surface area contributed by atoms with Crippen LogP contribution in [0.1, 0.15) is 16.9 Å². The lowest BCUT2D eigenvalue weighted by molar-refractivity contribution is -0.119. The summed E-state index contributed by atoms with van der Waals surface area (Å²) in [5.41, 5.74) is 5.63. The van der Waals surface area contributed by atoms with Crippen LogP contribution in [0.2, 0.25) is 0 Å². The van der Waals surface area contributed by atoms with Crippen molar-refractivity contribution in [3.05, 3.63) is 28.5 Å². The fourth-order valence-electron chi connectivity index (χ4n) is 2.25. The van der Waals surface area contributed by atoms with E-state index in [-0.39, 0.29) is 18.4 Å². The van der Waals surface area contributed by atoms with Crippen molar-refractivity contribution in [1.29, 1.82) is 0 Å². The zero-order valence-corrected chi connectivity index (χ0v) is 12.7. The zero-order valence-electron chi connectivity index (χ0n) is 11.1. The van der Waals surface area contributed by atoms with Crippen LogP contribution < -0.4 is 5.73 Å². The van der Waals surface area contributed by atoms with Crippen LogP contribution in [-0.2, 0) is 4.79 Å². The van der Waals surface area contributed by atoms with Gasteiger partial charge in [0.05, 0.1) is 6.54 Å². The van der Waals surface area contributed by atoms with E-state index in [0.717, 1.165) is 13.0 Å². The smallest absolute Gasteiger partial charge is 0.273 e. The van der Waals surface area contributed by atoms with E-state index >= 15 is 0 Å². The molecule has 0 aromatic carbocycles. The van der Waals surface area contributed by atoms with E-state index in [1.807, 2.05) is 4.90 Å². The van der Waals surface area contributed by atoms with Gasteiger partial charge in [-0.3, -0.25) is 14.5 Å². The van der Waals surface area contributed by atoms with Gasteiger partial charge in [-0.15, -0.1) is 0 Å². The number of hydrogen-bond acceptors (Lipinski definition) is 4. The van der Waals surface area contributed by atoms with Crippen LogP contribution in [0.4, 0.5) is 0 Å². The third-order valence-electron chi connectivity index (χ3n) is 3.22. The van der Waals surface area contributed by atoms with Gasteiger partial charge in [0, 0.05) is 36.8 Å². The largest absolute Gasteiger partial charge is 0.369 e. The minimum atomic E-state index is -0.336. The van der Waals surface area contributed by atoms with Crippen LogP contribution in [0, 0.1) is 0 Å². The topological polar surface area (TPSA) is 79.5 Å². The van der Waals surface area contributed by atoms with Gasteiger partial charge < -0.3 is 10.6 Å². The SMILES string of the molecule is NC(=O)CN1CCCN(C(=O)c2ncccc2Br)CC1. The molecule has 0 saturated carbocycles. The Morgan fingerprint density at radius 1 is 1.30 bits per heavy atom. The predicted molar refractivity (Wildman–Crippen MR) is 78.1 cm³/mol. The Hall–Kier alpha value is -1.47. The molecule has 1 aliphatic heterocycles. The number of rotatable bonds is 3. The molecule has 1 aromatic rings. The van der Waals surface area contributed by atoms with E-state index in [1.165, 1.54) is 0 Å². The highest BCUT2D eigenvalue weighted by Gasteiger charge is 2.22. The van der Waals surface area contributed by atoms with Crippen molar-refractivity contribution in [2.75, 3.05) is 32.7 Å². The van der Waals surface area contributed by atoms with Gasteiger partial charge in [0.25, 0.3) is 5.91 Å². The van der Waals surface area contributed by atoms with Gasteiger partial charge >= 0.3 is 0 Å². The number of nitrogens with zero attached hydrogens (tertiary/aromatic N) is 3. The average molecular weight is 341 g/mol. The van der Waals surface area contributed by atoms with Crippen molar-refractivity contribution in [2.24, 2.45) is 5.73 Å². The molecule has 0 bridgehead atoms. The molecule has 7 heteroatoms. The number of carbonyl (C=O) groups is 2. The number of amides is 2. The molecule has 1 saturated heterocycles. The molecule has 0 unspecified atom stereocenters. The maximum absolute atomic E-state index is 12.4. The van der Waals surface area contributed by atoms with Gasteiger partial charge in [-0.1, -0.05) is 0 Å². The first kappa shape index (κ1) is 14.9. The number of nitrogens with two attached hydrogens (primary N) is 1. The number of carbonyl (C=O) groups excluding carboxylic acids is 2. The summed E-state index contributed by atoms with van der Waals surface area (Å²) in [5.74, 6) is -0.421. The first-order chi connectivity index (χ1) is 9.58. The second kappa shape index (κ2) is 6.81. The maximum atomic E-state index is 12.4. The minimum Gasteiger partial charge on any atom is -0.369 e. The molecule has 0 aliphatic carbocycles. The summed E-state index contributed by atoms with van der Waals surface area (Å²) in [6, 6.07) is 3.58. The second-order valence-electron chi connectivity index (χ2n) is 4.72. The van der Waals surface area contributed by atoms with E-state index in [9.17, 15) is 9.59 Å². The van der Waals surface area contributed by atoms with Gasteiger partial charge in [0.15, 0.2) is 0 Å². The van der Waals surface area contributed by atoms with Crippen molar-refractivity contribution in [2.45, 2.75) is 6.42 Å². The third-order valence-corrected chi connectivity index (χ3v) is 3.86. The molecule has 2 rings (SSSR count). The predicted octanol–water partition coefficient (Wildman–Crippen LogP) is 0.477. The lowest BCUT2D eigenvalue weighted by Crippen LogP contribution is -2.38. The lowest BCUT2D eigenvalue weighted by Gasteiger charge is -2.21. The van der Waals surface area contributed by atoms with Gasteiger partial charge in [-0.05, 0) is 34.5 Å². The molecule has 0 spiro atoms. The fraction of sp³-hybridized carbons (Fsp3) is 0.462. The molecule has 0 radical (unpaired) electrons. The quantitative estimate of drug-likeness (QED) is 0.867. The Bertz CT molecular complexity index is 509. The Morgan fingerprint density at radius 2 is 2.10 bits per heavy atom. The van der Waals surface area contributed by atoms with Crippen molar-refractivity contribution in [1.82, 2.24) is 14.8 Å². The molecule has 2 amide bonds. The first-order valence-corrected chi connectivity index (χ1v) is 7.27. The maximum Gasteiger partial charge on any atom is 0.273 e.